The molecular formula is C10H19ClN2O2S. The molecule has 2 aliphatic heterocycles. The Bertz CT molecular complexity index is 219. The minimum absolute atomic E-state index is 0. The molecule has 4 nitrogen and oxygen atoms in total. The van der Waals surface area contributed by atoms with Gasteiger partial charge in [-0.2, -0.15) is 0 Å². The van der Waals surface area contributed by atoms with Gasteiger partial charge in [-0.1, -0.05) is 0 Å². The standard InChI is InChI=1S/C10H18N2O2S.ClH/c13-10(9-6-15-7-12-9)11-4-8-2-1-3-14-5-8;/h8-9,12H,1-7H2,(H,11,13);1H/t8?,9-;/m1./s1. The van der Waals surface area contributed by atoms with Crippen LogP contribution in [0.15, 0.2) is 0 Å². The lowest BCUT2D eigenvalue weighted by Crippen LogP contribution is -2.44. The molecular weight excluding hydrogens is 248 g/mol. The van der Waals surface area contributed by atoms with Crippen LogP contribution in [0.5, 0.6) is 0 Å². The molecule has 1 amide bonds. The molecule has 0 saturated carbocycles. The van der Waals surface area contributed by atoms with Crippen LogP contribution in [0.4, 0.5) is 0 Å². The van der Waals surface area contributed by atoms with Gasteiger partial charge in [0.05, 0.1) is 12.6 Å². The van der Waals surface area contributed by atoms with Crippen molar-refractivity contribution >= 4 is 30.1 Å². The zero-order valence-electron chi connectivity index (χ0n) is 9.24. The number of nitrogens with one attached hydrogen (secondary N) is 2. The maximum Gasteiger partial charge on any atom is 0.238 e. The van der Waals surface area contributed by atoms with E-state index in [-0.39, 0.29) is 24.4 Å². The van der Waals surface area contributed by atoms with Gasteiger partial charge in [-0.05, 0) is 18.8 Å². The SMILES string of the molecule is Cl.O=C(NCC1CCCOC1)[C@H]1CSCN1. The number of thioether (sulfide) groups is 1. The molecule has 0 aliphatic carbocycles. The summed E-state index contributed by atoms with van der Waals surface area (Å²) in [5, 5.41) is 6.16. The summed E-state index contributed by atoms with van der Waals surface area (Å²) in [6.07, 6.45) is 2.30. The summed E-state index contributed by atoms with van der Waals surface area (Å²) in [5.41, 5.74) is 0. The zero-order chi connectivity index (χ0) is 10.5. The van der Waals surface area contributed by atoms with Gasteiger partial charge in [0.15, 0.2) is 0 Å². The summed E-state index contributed by atoms with van der Waals surface area (Å²) in [5.74, 6) is 2.44. The Balaban J connectivity index is 0.00000128. The van der Waals surface area contributed by atoms with E-state index in [1.54, 1.807) is 11.8 Å². The summed E-state index contributed by atoms with van der Waals surface area (Å²) in [6, 6.07) is 0.0134. The lowest BCUT2D eigenvalue weighted by Gasteiger charge is -2.22. The fraction of sp³-hybridized carbons (Fsp3) is 0.900. The predicted molar refractivity (Wildman–Crippen MR) is 68.0 cm³/mol. The summed E-state index contributed by atoms with van der Waals surface area (Å²) >= 11 is 1.78. The minimum Gasteiger partial charge on any atom is -0.381 e. The fourth-order valence-corrected chi connectivity index (χ4v) is 2.84. The van der Waals surface area contributed by atoms with Crippen molar-refractivity contribution in [3.63, 3.8) is 0 Å². The molecule has 0 bridgehead atoms. The molecule has 0 aromatic rings. The maximum atomic E-state index is 11.7. The lowest BCUT2D eigenvalue weighted by atomic mass is 10.0. The summed E-state index contributed by atoms with van der Waals surface area (Å²) in [7, 11) is 0. The first-order valence-electron chi connectivity index (χ1n) is 5.53. The van der Waals surface area contributed by atoms with Gasteiger partial charge < -0.3 is 10.1 Å². The summed E-state index contributed by atoms with van der Waals surface area (Å²) < 4.78 is 5.37. The highest BCUT2D eigenvalue weighted by Gasteiger charge is 2.23. The van der Waals surface area contributed by atoms with E-state index in [0.29, 0.717) is 5.92 Å². The van der Waals surface area contributed by atoms with E-state index in [2.05, 4.69) is 10.6 Å². The van der Waals surface area contributed by atoms with Gasteiger partial charge in [-0.3, -0.25) is 10.1 Å². The number of hydrogen-bond donors (Lipinski definition) is 2. The third-order valence-electron chi connectivity index (χ3n) is 2.85. The molecule has 2 N–H and O–H groups in total. The van der Waals surface area contributed by atoms with Gasteiger partial charge in [0.1, 0.15) is 0 Å². The summed E-state index contributed by atoms with van der Waals surface area (Å²) in [6.45, 7) is 2.44. The third kappa shape index (κ3) is 4.13. The molecule has 2 fully saturated rings. The van der Waals surface area contributed by atoms with Crippen LogP contribution in [-0.4, -0.2) is 43.3 Å². The van der Waals surface area contributed by atoms with Crippen LogP contribution in [0.1, 0.15) is 12.8 Å². The lowest BCUT2D eigenvalue weighted by molar-refractivity contribution is -0.122. The maximum absolute atomic E-state index is 11.7. The highest BCUT2D eigenvalue weighted by atomic mass is 35.5. The van der Waals surface area contributed by atoms with Crippen LogP contribution < -0.4 is 10.6 Å². The molecule has 16 heavy (non-hydrogen) atoms. The quantitative estimate of drug-likeness (QED) is 0.786. The Morgan fingerprint density at radius 2 is 2.44 bits per heavy atom. The molecule has 6 heteroatoms. The smallest absolute Gasteiger partial charge is 0.238 e. The molecule has 0 aromatic heterocycles. The number of carbonyl (C=O) groups excluding carboxylic acids is 1. The van der Waals surface area contributed by atoms with Crippen molar-refractivity contribution < 1.29 is 9.53 Å². The Kier molecular flexibility index (Phi) is 6.49. The molecule has 2 aliphatic rings. The minimum atomic E-state index is 0. The zero-order valence-corrected chi connectivity index (χ0v) is 10.9. The van der Waals surface area contributed by atoms with Crippen LogP contribution in [-0.2, 0) is 9.53 Å². The van der Waals surface area contributed by atoms with Crippen LogP contribution in [0.25, 0.3) is 0 Å². The first-order chi connectivity index (χ1) is 7.36. The molecule has 0 aromatic carbocycles. The van der Waals surface area contributed by atoms with Gasteiger partial charge in [0, 0.05) is 24.8 Å². The number of halogens is 1. The van der Waals surface area contributed by atoms with Gasteiger partial charge in [-0.25, -0.2) is 0 Å². The Labute approximate surface area is 107 Å². The molecule has 94 valence electrons. The van der Waals surface area contributed by atoms with Crippen LogP contribution in [0.3, 0.4) is 0 Å². The van der Waals surface area contributed by atoms with Crippen molar-refractivity contribution in [2.75, 3.05) is 31.4 Å². The molecule has 0 spiro atoms. The molecule has 2 saturated heterocycles. The van der Waals surface area contributed by atoms with Gasteiger partial charge in [0.25, 0.3) is 0 Å². The van der Waals surface area contributed by atoms with Crippen molar-refractivity contribution in [1.29, 1.82) is 0 Å². The van der Waals surface area contributed by atoms with Crippen molar-refractivity contribution in [1.82, 2.24) is 10.6 Å². The third-order valence-corrected chi connectivity index (χ3v) is 3.79. The number of amides is 1. The second-order valence-electron chi connectivity index (χ2n) is 4.10. The number of hydrogen-bond acceptors (Lipinski definition) is 4. The first-order valence-corrected chi connectivity index (χ1v) is 6.68. The topological polar surface area (TPSA) is 50.4 Å². The second kappa shape index (κ2) is 7.37. The molecule has 1 unspecified atom stereocenters. The average molecular weight is 267 g/mol. The van der Waals surface area contributed by atoms with Crippen LogP contribution in [0, 0.1) is 5.92 Å². The second-order valence-corrected chi connectivity index (χ2v) is 5.13. The predicted octanol–water partition coefficient (Wildman–Crippen LogP) is 0.613. The van der Waals surface area contributed by atoms with E-state index in [9.17, 15) is 4.79 Å². The number of ether oxygens (including phenoxy) is 1. The van der Waals surface area contributed by atoms with E-state index in [4.69, 9.17) is 4.74 Å². The van der Waals surface area contributed by atoms with E-state index in [0.717, 1.165) is 37.8 Å². The average Bonchev–Trinajstić information content (AvgIpc) is 2.81. The highest BCUT2D eigenvalue weighted by Crippen LogP contribution is 2.13. The Hall–Kier alpha value is 0.0300. The van der Waals surface area contributed by atoms with Gasteiger partial charge >= 0.3 is 0 Å². The molecule has 0 radical (unpaired) electrons. The van der Waals surface area contributed by atoms with E-state index in [1.807, 2.05) is 0 Å². The van der Waals surface area contributed by atoms with Crippen molar-refractivity contribution in [3.05, 3.63) is 0 Å². The normalized spacial score (nSPS) is 29.5. The van der Waals surface area contributed by atoms with E-state index >= 15 is 0 Å². The first kappa shape index (κ1) is 14.1. The fourth-order valence-electron chi connectivity index (χ4n) is 1.90. The number of rotatable bonds is 3. The van der Waals surface area contributed by atoms with Crippen LogP contribution in [0.2, 0.25) is 0 Å². The van der Waals surface area contributed by atoms with Crippen molar-refractivity contribution in [2.45, 2.75) is 18.9 Å². The molecule has 2 atom stereocenters. The molecule has 2 rings (SSSR count). The largest absolute Gasteiger partial charge is 0.381 e. The van der Waals surface area contributed by atoms with Gasteiger partial charge in [0.2, 0.25) is 5.91 Å². The van der Waals surface area contributed by atoms with Crippen molar-refractivity contribution in [3.8, 4) is 0 Å². The van der Waals surface area contributed by atoms with Crippen LogP contribution >= 0.6 is 24.2 Å². The highest BCUT2D eigenvalue weighted by molar-refractivity contribution is 7.99. The van der Waals surface area contributed by atoms with E-state index < -0.39 is 0 Å². The number of carbonyl (C=O) groups is 1. The monoisotopic (exact) mass is 266 g/mol. The summed E-state index contributed by atoms with van der Waals surface area (Å²) in [4.78, 5) is 11.7. The van der Waals surface area contributed by atoms with Crippen molar-refractivity contribution in [2.24, 2.45) is 5.92 Å². The Morgan fingerprint density at radius 3 is 3.06 bits per heavy atom. The molecule has 2 heterocycles. The van der Waals surface area contributed by atoms with Gasteiger partial charge in [-0.15, -0.1) is 24.2 Å². The Morgan fingerprint density at radius 1 is 1.56 bits per heavy atom. The van der Waals surface area contributed by atoms with E-state index in [1.165, 1.54) is 6.42 Å².